The van der Waals surface area contributed by atoms with E-state index in [0.717, 1.165) is 22.4 Å². The molecule has 25 heavy (non-hydrogen) atoms. The van der Waals surface area contributed by atoms with Crippen LogP contribution in [0.1, 0.15) is 11.1 Å². The Morgan fingerprint density at radius 3 is 1.88 bits per heavy atom. The highest BCUT2D eigenvalue weighted by atomic mass is 16.5. The molecule has 0 spiro atoms. The van der Waals surface area contributed by atoms with Gasteiger partial charge in [0.2, 0.25) is 5.90 Å². The van der Waals surface area contributed by atoms with Gasteiger partial charge in [0, 0.05) is 11.1 Å². The highest BCUT2D eigenvalue weighted by Crippen LogP contribution is 2.20. The molecule has 0 fully saturated rings. The molecule has 1 aliphatic heterocycles. The van der Waals surface area contributed by atoms with Crippen LogP contribution in [0.15, 0.2) is 89.1 Å². The first kappa shape index (κ1) is 15.1. The van der Waals surface area contributed by atoms with E-state index in [1.807, 2.05) is 30.3 Å². The van der Waals surface area contributed by atoms with E-state index < -0.39 is 0 Å². The summed E-state index contributed by atoms with van der Waals surface area (Å²) in [5, 5.41) is 17.8. The van der Waals surface area contributed by atoms with E-state index in [-0.39, 0.29) is 5.75 Å². The molecular formula is C21H16N2O2. The summed E-state index contributed by atoms with van der Waals surface area (Å²) in [5.41, 5.74) is 4.85. The minimum Gasteiger partial charge on any atom is -0.508 e. The van der Waals surface area contributed by atoms with Gasteiger partial charge in [-0.2, -0.15) is 0 Å². The Morgan fingerprint density at radius 2 is 1.24 bits per heavy atom. The Hall–Kier alpha value is -3.40. The summed E-state index contributed by atoms with van der Waals surface area (Å²) >= 11 is 0. The molecule has 0 saturated heterocycles. The summed E-state index contributed by atoms with van der Waals surface area (Å²) in [6, 6.07) is 25.1. The van der Waals surface area contributed by atoms with Gasteiger partial charge in [0.05, 0.1) is 0 Å². The van der Waals surface area contributed by atoms with Crippen LogP contribution < -0.4 is 0 Å². The molecule has 0 bridgehead atoms. The van der Waals surface area contributed by atoms with Crippen molar-refractivity contribution in [1.82, 2.24) is 0 Å². The number of phenols is 1. The molecule has 0 aliphatic carbocycles. The van der Waals surface area contributed by atoms with Crippen LogP contribution in [0.25, 0.3) is 11.1 Å². The van der Waals surface area contributed by atoms with Crippen LogP contribution in [0.2, 0.25) is 0 Å². The first-order valence-electron chi connectivity index (χ1n) is 8.02. The third-order valence-electron chi connectivity index (χ3n) is 4.05. The zero-order chi connectivity index (χ0) is 17.1. The van der Waals surface area contributed by atoms with Crippen LogP contribution in [0.4, 0.5) is 0 Å². The van der Waals surface area contributed by atoms with Gasteiger partial charge in [0.1, 0.15) is 18.1 Å². The smallest absolute Gasteiger partial charge is 0.241 e. The molecular weight excluding hydrogens is 312 g/mol. The zero-order valence-electron chi connectivity index (χ0n) is 13.5. The van der Waals surface area contributed by atoms with Crippen LogP contribution in [0.3, 0.4) is 0 Å². The third kappa shape index (κ3) is 3.28. The summed E-state index contributed by atoms with van der Waals surface area (Å²) < 4.78 is 5.76. The van der Waals surface area contributed by atoms with Gasteiger partial charge in [0.25, 0.3) is 0 Å². The number of nitrogens with zero attached hydrogens (tertiary/aromatic N) is 2. The molecule has 0 aromatic heterocycles. The predicted molar refractivity (Wildman–Crippen MR) is 99.0 cm³/mol. The number of aromatic hydroxyl groups is 1. The molecule has 0 atom stereocenters. The van der Waals surface area contributed by atoms with E-state index in [1.165, 1.54) is 5.56 Å². The largest absolute Gasteiger partial charge is 0.508 e. The number of hydrogen-bond acceptors (Lipinski definition) is 4. The Morgan fingerprint density at radius 1 is 0.640 bits per heavy atom. The highest BCUT2D eigenvalue weighted by molar-refractivity contribution is 6.06. The number of phenolic OH excluding ortho intramolecular Hbond substituents is 1. The second-order valence-corrected chi connectivity index (χ2v) is 5.73. The lowest BCUT2D eigenvalue weighted by Crippen LogP contribution is -2.19. The van der Waals surface area contributed by atoms with Crippen LogP contribution >= 0.6 is 0 Å². The van der Waals surface area contributed by atoms with E-state index in [9.17, 15) is 5.11 Å². The molecule has 4 nitrogen and oxygen atoms in total. The van der Waals surface area contributed by atoms with Gasteiger partial charge in [-0.3, -0.25) is 0 Å². The van der Waals surface area contributed by atoms with Crippen molar-refractivity contribution in [3.05, 3.63) is 90.0 Å². The van der Waals surface area contributed by atoms with Crippen molar-refractivity contribution in [3.8, 4) is 16.9 Å². The van der Waals surface area contributed by atoms with Crippen LogP contribution in [0.5, 0.6) is 5.75 Å². The van der Waals surface area contributed by atoms with Crippen molar-refractivity contribution in [1.29, 1.82) is 0 Å². The predicted octanol–water partition coefficient (Wildman–Crippen LogP) is 4.24. The number of ether oxygens (including phenoxy) is 1. The van der Waals surface area contributed by atoms with Gasteiger partial charge in [-0.05, 0) is 47.5 Å². The monoisotopic (exact) mass is 328 g/mol. The lowest BCUT2D eigenvalue weighted by Gasteiger charge is -2.14. The molecule has 4 heteroatoms. The van der Waals surface area contributed by atoms with Crippen LogP contribution in [-0.2, 0) is 4.74 Å². The van der Waals surface area contributed by atoms with Gasteiger partial charge in [-0.25, -0.2) is 0 Å². The van der Waals surface area contributed by atoms with Gasteiger partial charge >= 0.3 is 0 Å². The van der Waals surface area contributed by atoms with E-state index in [4.69, 9.17) is 4.74 Å². The molecule has 1 aliphatic rings. The molecule has 1 N–H and O–H groups in total. The molecule has 3 aromatic carbocycles. The summed E-state index contributed by atoms with van der Waals surface area (Å²) in [6.07, 6.45) is 0. The van der Waals surface area contributed by atoms with Crippen molar-refractivity contribution >= 4 is 11.6 Å². The van der Waals surface area contributed by atoms with Gasteiger partial charge in [-0.15, -0.1) is 10.2 Å². The zero-order valence-corrected chi connectivity index (χ0v) is 13.5. The van der Waals surface area contributed by atoms with Crippen molar-refractivity contribution < 1.29 is 9.84 Å². The molecule has 0 amide bonds. The normalized spacial score (nSPS) is 13.6. The molecule has 1 heterocycles. The Bertz CT molecular complexity index is 928. The minimum absolute atomic E-state index is 0.226. The maximum atomic E-state index is 9.35. The fraction of sp³-hybridized carbons (Fsp3) is 0.0476. The standard InChI is InChI=1S/C21H16N2O2/c24-19-12-10-17(11-13-19)20-14-25-21(23-22-20)18-8-6-16(7-9-18)15-4-2-1-3-5-15/h1-13,24H,14H2. The van der Waals surface area contributed by atoms with E-state index in [1.54, 1.807) is 24.3 Å². The first-order chi connectivity index (χ1) is 12.3. The molecule has 3 aromatic rings. The fourth-order valence-corrected chi connectivity index (χ4v) is 2.67. The maximum absolute atomic E-state index is 9.35. The van der Waals surface area contributed by atoms with Crippen molar-refractivity contribution in [2.24, 2.45) is 10.2 Å². The Kier molecular flexibility index (Phi) is 4.01. The van der Waals surface area contributed by atoms with Gasteiger partial charge in [-0.1, -0.05) is 42.5 Å². The average molecular weight is 328 g/mol. The summed E-state index contributed by atoms with van der Waals surface area (Å²) in [4.78, 5) is 0. The topological polar surface area (TPSA) is 54.2 Å². The Balaban J connectivity index is 1.56. The SMILES string of the molecule is Oc1ccc(C2=NN=C(c3ccc(-c4ccccc4)cc3)OC2)cc1. The van der Waals surface area contributed by atoms with Gasteiger partial charge < -0.3 is 9.84 Å². The minimum atomic E-state index is 0.226. The quantitative estimate of drug-likeness (QED) is 0.782. The molecule has 122 valence electrons. The fourth-order valence-electron chi connectivity index (χ4n) is 2.67. The summed E-state index contributed by atoms with van der Waals surface area (Å²) in [6.45, 7) is 0.351. The van der Waals surface area contributed by atoms with E-state index in [0.29, 0.717) is 12.5 Å². The second-order valence-electron chi connectivity index (χ2n) is 5.73. The molecule has 0 radical (unpaired) electrons. The summed E-state index contributed by atoms with van der Waals surface area (Å²) in [5.74, 6) is 0.742. The number of hydrogen-bond donors (Lipinski definition) is 1. The van der Waals surface area contributed by atoms with E-state index >= 15 is 0 Å². The molecule has 0 saturated carbocycles. The maximum Gasteiger partial charge on any atom is 0.241 e. The van der Waals surface area contributed by atoms with Crippen molar-refractivity contribution in [2.45, 2.75) is 0 Å². The summed E-state index contributed by atoms with van der Waals surface area (Å²) in [7, 11) is 0. The van der Waals surface area contributed by atoms with Crippen LogP contribution in [-0.4, -0.2) is 23.3 Å². The average Bonchev–Trinajstić information content (AvgIpc) is 2.70. The Labute approximate surface area is 145 Å². The van der Waals surface area contributed by atoms with Gasteiger partial charge in [0.15, 0.2) is 0 Å². The van der Waals surface area contributed by atoms with Crippen molar-refractivity contribution in [2.75, 3.05) is 6.61 Å². The number of rotatable bonds is 3. The third-order valence-corrected chi connectivity index (χ3v) is 4.05. The van der Waals surface area contributed by atoms with Crippen molar-refractivity contribution in [3.63, 3.8) is 0 Å². The lowest BCUT2D eigenvalue weighted by molar-refractivity contribution is 0.357. The number of benzene rings is 3. The molecule has 0 unspecified atom stereocenters. The first-order valence-corrected chi connectivity index (χ1v) is 8.02. The second kappa shape index (κ2) is 6.61. The van der Waals surface area contributed by atoms with Crippen LogP contribution in [0, 0.1) is 0 Å². The lowest BCUT2D eigenvalue weighted by atomic mass is 10.0. The molecule has 4 rings (SSSR count). The highest BCUT2D eigenvalue weighted by Gasteiger charge is 2.14. The van der Waals surface area contributed by atoms with E-state index in [2.05, 4.69) is 34.5 Å².